The topological polar surface area (TPSA) is 3.24 Å². The van der Waals surface area contributed by atoms with Gasteiger partial charge in [0.2, 0.25) is 0 Å². The maximum absolute atomic E-state index is 5.71. The molecule has 0 fully saturated rings. The molecule has 72 valence electrons. The summed E-state index contributed by atoms with van der Waals surface area (Å²) in [6, 6.07) is 0. The molecular formula is C10H20ClN. The smallest absolute Gasteiger partial charge is 0.0249 e. The molecule has 1 unspecified atom stereocenters. The van der Waals surface area contributed by atoms with Crippen LogP contribution in [0.1, 0.15) is 19.8 Å². The average Bonchev–Trinajstić information content (AvgIpc) is 2.10. The molecule has 1 nitrogen and oxygen atoms in total. The van der Waals surface area contributed by atoms with Crippen molar-refractivity contribution >= 4 is 11.6 Å². The van der Waals surface area contributed by atoms with E-state index < -0.39 is 0 Å². The maximum Gasteiger partial charge on any atom is 0.0249 e. The van der Waals surface area contributed by atoms with E-state index >= 15 is 0 Å². The summed E-state index contributed by atoms with van der Waals surface area (Å²) >= 11 is 5.71. The second-order valence-corrected chi connectivity index (χ2v) is 3.74. The van der Waals surface area contributed by atoms with E-state index in [1.165, 1.54) is 6.42 Å². The minimum atomic E-state index is 0.637. The summed E-state index contributed by atoms with van der Waals surface area (Å²) in [5, 5.41) is 0. The molecule has 0 aliphatic heterocycles. The summed E-state index contributed by atoms with van der Waals surface area (Å²) in [6.07, 6.45) is 4.23. The number of halogens is 1. The van der Waals surface area contributed by atoms with Crippen LogP contribution in [0.5, 0.6) is 0 Å². The molecule has 0 radical (unpaired) electrons. The largest absolute Gasteiger partial charge is 0.306 e. The first-order valence-electron chi connectivity index (χ1n) is 4.56. The molecule has 1 atom stereocenters. The van der Waals surface area contributed by atoms with Crippen LogP contribution >= 0.6 is 11.6 Å². The Morgan fingerprint density at radius 3 is 2.67 bits per heavy atom. The van der Waals surface area contributed by atoms with Crippen molar-refractivity contribution in [3.8, 4) is 0 Å². The van der Waals surface area contributed by atoms with Gasteiger partial charge in [-0.25, -0.2) is 0 Å². The molecule has 0 amide bonds. The fraction of sp³-hybridized carbons (Fsp3) is 0.800. The molecule has 0 aliphatic carbocycles. The number of nitrogens with zero attached hydrogens (tertiary/aromatic N) is 1. The van der Waals surface area contributed by atoms with Gasteiger partial charge in [0.1, 0.15) is 0 Å². The Labute approximate surface area is 81.4 Å². The van der Waals surface area contributed by atoms with Gasteiger partial charge in [-0.15, -0.1) is 18.2 Å². The summed E-state index contributed by atoms with van der Waals surface area (Å²) in [4.78, 5) is 2.32. The van der Waals surface area contributed by atoms with Crippen LogP contribution in [-0.2, 0) is 0 Å². The van der Waals surface area contributed by atoms with Crippen molar-refractivity contribution < 1.29 is 0 Å². The van der Waals surface area contributed by atoms with Crippen molar-refractivity contribution in [1.29, 1.82) is 0 Å². The van der Waals surface area contributed by atoms with E-state index in [-0.39, 0.29) is 0 Å². The van der Waals surface area contributed by atoms with E-state index in [0.29, 0.717) is 5.92 Å². The van der Waals surface area contributed by atoms with Crippen molar-refractivity contribution in [2.75, 3.05) is 26.0 Å². The Morgan fingerprint density at radius 2 is 2.17 bits per heavy atom. The molecule has 2 heteroatoms. The molecule has 0 saturated heterocycles. The zero-order valence-corrected chi connectivity index (χ0v) is 8.98. The number of hydrogen-bond donors (Lipinski definition) is 0. The highest BCUT2D eigenvalue weighted by molar-refractivity contribution is 6.18. The molecule has 0 aromatic carbocycles. The first-order valence-corrected chi connectivity index (χ1v) is 5.09. The second kappa shape index (κ2) is 7.63. The van der Waals surface area contributed by atoms with Crippen molar-refractivity contribution in [3.05, 3.63) is 12.7 Å². The third kappa shape index (κ3) is 6.68. The fourth-order valence-electron chi connectivity index (χ4n) is 0.941. The highest BCUT2D eigenvalue weighted by Crippen LogP contribution is 2.04. The Morgan fingerprint density at radius 1 is 1.50 bits per heavy atom. The molecule has 0 aliphatic rings. The van der Waals surface area contributed by atoms with Gasteiger partial charge in [0.15, 0.2) is 0 Å². The van der Waals surface area contributed by atoms with E-state index in [9.17, 15) is 0 Å². The van der Waals surface area contributed by atoms with Crippen LogP contribution in [0.2, 0.25) is 0 Å². The normalized spacial score (nSPS) is 13.3. The lowest BCUT2D eigenvalue weighted by Crippen LogP contribution is -2.22. The predicted molar refractivity (Wildman–Crippen MR) is 56.8 cm³/mol. The van der Waals surface area contributed by atoms with Gasteiger partial charge in [-0.05, 0) is 32.4 Å². The summed E-state index contributed by atoms with van der Waals surface area (Å²) < 4.78 is 0. The van der Waals surface area contributed by atoms with Gasteiger partial charge in [0.05, 0.1) is 0 Å². The Hall–Kier alpha value is -0.0100. The molecule has 0 spiro atoms. The van der Waals surface area contributed by atoms with E-state index in [0.717, 1.165) is 25.4 Å². The standard InChI is InChI=1S/C10H20ClN/c1-4-5-7-12(3)8-6-10(2)9-11/h4,10H,1,5-9H2,2-3H3. The lowest BCUT2D eigenvalue weighted by Gasteiger charge is -2.17. The summed E-state index contributed by atoms with van der Waals surface area (Å²) in [5.74, 6) is 1.41. The number of alkyl halides is 1. The van der Waals surface area contributed by atoms with Crippen LogP contribution in [-0.4, -0.2) is 30.9 Å². The second-order valence-electron chi connectivity index (χ2n) is 3.43. The zero-order chi connectivity index (χ0) is 9.40. The molecule has 0 heterocycles. The van der Waals surface area contributed by atoms with Crippen LogP contribution in [0.15, 0.2) is 12.7 Å². The van der Waals surface area contributed by atoms with Crippen molar-refractivity contribution in [2.45, 2.75) is 19.8 Å². The SMILES string of the molecule is C=CCCN(C)CCC(C)CCl. The van der Waals surface area contributed by atoms with Gasteiger partial charge < -0.3 is 4.90 Å². The van der Waals surface area contributed by atoms with E-state index in [1.807, 2.05) is 6.08 Å². The lowest BCUT2D eigenvalue weighted by molar-refractivity contribution is 0.317. The average molecular weight is 190 g/mol. The Kier molecular flexibility index (Phi) is 7.62. The molecular weight excluding hydrogens is 170 g/mol. The third-order valence-electron chi connectivity index (χ3n) is 1.98. The summed E-state index contributed by atoms with van der Waals surface area (Å²) in [6.45, 7) is 8.14. The third-order valence-corrected chi connectivity index (χ3v) is 2.51. The quantitative estimate of drug-likeness (QED) is 0.440. The highest BCUT2D eigenvalue weighted by Gasteiger charge is 2.02. The summed E-state index contributed by atoms with van der Waals surface area (Å²) in [5.41, 5.74) is 0. The van der Waals surface area contributed by atoms with E-state index in [2.05, 4.69) is 25.5 Å². The fourth-order valence-corrected chi connectivity index (χ4v) is 1.10. The van der Waals surface area contributed by atoms with Crippen molar-refractivity contribution in [2.24, 2.45) is 5.92 Å². The first kappa shape index (κ1) is 12.0. The van der Waals surface area contributed by atoms with Crippen molar-refractivity contribution in [1.82, 2.24) is 4.90 Å². The minimum Gasteiger partial charge on any atom is -0.306 e. The Bertz CT molecular complexity index is 114. The Balaban J connectivity index is 3.29. The van der Waals surface area contributed by atoms with Crippen LogP contribution < -0.4 is 0 Å². The van der Waals surface area contributed by atoms with Crippen LogP contribution in [0.25, 0.3) is 0 Å². The molecule has 0 saturated carbocycles. The summed E-state index contributed by atoms with van der Waals surface area (Å²) in [7, 11) is 2.14. The molecule has 12 heavy (non-hydrogen) atoms. The van der Waals surface area contributed by atoms with Gasteiger partial charge >= 0.3 is 0 Å². The van der Waals surface area contributed by atoms with Gasteiger partial charge in [-0.2, -0.15) is 0 Å². The van der Waals surface area contributed by atoms with Gasteiger partial charge in [-0.1, -0.05) is 13.0 Å². The molecule has 0 aromatic rings. The maximum atomic E-state index is 5.71. The van der Waals surface area contributed by atoms with Crippen molar-refractivity contribution in [3.63, 3.8) is 0 Å². The molecule has 0 aromatic heterocycles. The van der Waals surface area contributed by atoms with E-state index in [1.54, 1.807) is 0 Å². The number of rotatable bonds is 7. The van der Waals surface area contributed by atoms with Gasteiger partial charge in [0, 0.05) is 12.4 Å². The number of hydrogen-bond acceptors (Lipinski definition) is 1. The zero-order valence-electron chi connectivity index (χ0n) is 8.22. The lowest BCUT2D eigenvalue weighted by atomic mass is 10.1. The molecule has 0 rings (SSSR count). The van der Waals surface area contributed by atoms with Gasteiger partial charge in [-0.3, -0.25) is 0 Å². The monoisotopic (exact) mass is 189 g/mol. The molecule has 0 bridgehead atoms. The van der Waals surface area contributed by atoms with Crippen LogP contribution in [0.3, 0.4) is 0 Å². The highest BCUT2D eigenvalue weighted by atomic mass is 35.5. The van der Waals surface area contributed by atoms with Crippen LogP contribution in [0.4, 0.5) is 0 Å². The predicted octanol–water partition coefficient (Wildman–Crippen LogP) is 2.76. The first-order chi connectivity index (χ1) is 5.70. The minimum absolute atomic E-state index is 0.637. The van der Waals surface area contributed by atoms with E-state index in [4.69, 9.17) is 11.6 Å². The van der Waals surface area contributed by atoms with Gasteiger partial charge in [0.25, 0.3) is 0 Å². The molecule has 0 N–H and O–H groups in total. The van der Waals surface area contributed by atoms with Crippen LogP contribution in [0, 0.1) is 5.92 Å².